The Labute approximate surface area is 169 Å². The third kappa shape index (κ3) is 4.12. The van der Waals surface area contributed by atoms with E-state index in [1.54, 1.807) is 0 Å². The standard InChI is InChI=1S/C18H16BrClFNO4S/c1-22-18(24)13-5-9(4-12(16(13)21)10-2-3-10)8-27(25,26)15-7-11(19)6-14(20)17(15)23/h4-7,10,23H,2-3,8H2,1H3,(H,22,24). The van der Waals surface area contributed by atoms with Gasteiger partial charge in [0.25, 0.3) is 5.91 Å². The van der Waals surface area contributed by atoms with Crippen molar-refractivity contribution in [3.05, 3.63) is 56.3 Å². The first-order valence-electron chi connectivity index (χ1n) is 8.09. The minimum atomic E-state index is -3.99. The van der Waals surface area contributed by atoms with Crippen LogP contribution in [0.5, 0.6) is 5.75 Å². The largest absolute Gasteiger partial charge is 0.505 e. The van der Waals surface area contributed by atoms with Crippen molar-refractivity contribution < 1.29 is 22.7 Å². The van der Waals surface area contributed by atoms with Crippen LogP contribution < -0.4 is 5.32 Å². The summed E-state index contributed by atoms with van der Waals surface area (Å²) in [5.74, 6) is -2.30. The van der Waals surface area contributed by atoms with Gasteiger partial charge in [0.1, 0.15) is 10.7 Å². The number of phenols is 1. The number of amides is 1. The van der Waals surface area contributed by atoms with Crippen LogP contribution in [0.4, 0.5) is 4.39 Å². The number of benzene rings is 2. The molecule has 27 heavy (non-hydrogen) atoms. The molecule has 0 aliphatic heterocycles. The fourth-order valence-corrected chi connectivity index (χ4v) is 5.35. The lowest BCUT2D eigenvalue weighted by Crippen LogP contribution is -2.20. The summed E-state index contributed by atoms with van der Waals surface area (Å²) in [5.41, 5.74) is 0.425. The zero-order valence-electron chi connectivity index (χ0n) is 14.2. The quantitative estimate of drug-likeness (QED) is 0.679. The number of nitrogens with one attached hydrogen (secondary N) is 1. The molecule has 9 heteroatoms. The zero-order valence-corrected chi connectivity index (χ0v) is 17.4. The van der Waals surface area contributed by atoms with E-state index in [1.165, 1.54) is 31.3 Å². The van der Waals surface area contributed by atoms with Crippen LogP contribution in [0.15, 0.2) is 33.6 Å². The summed E-state index contributed by atoms with van der Waals surface area (Å²) < 4.78 is 40.7. The highest BCUT2D eigenvalue weighted by Crippen LogP contribution is 2.43. The molecule has 1 aliphatic rings. The molecule has 2 aromatic carbocycles. The summed E-state index contributed by atoms with van der Waals surface area (Å²) in [6.07, 6.45) is 1.59. The Bertz CT molecular complexity index is 1040. The van der Waals surface area contributed by atoms with E-state index in [-0.39, 0.29) is 27.0 Å². The predicted molar refractivity (Wildman–Crippen MR) is 103 cm³/mol. The zero-order chi connectivity index (χ0) is 19.9. The molecule has 3 rings (SSSR count). The average molecular weight is 477 g/mol. The van der Waals surface area contributed by atoms with Gasteiger partial charge < -0.3 is 10.4 Å². The normalized spacial score (nSPS) is 14.2. The number of phenolic OH excluding ortho intramolecular Hbond substituents is 1. The van der Waals surface area contributed by atoms with E-state index in [1.807, 2.05) is 0 Å². The molecule has 0 saturated heterocycles. The molecule has 0 bridgehead atoms. The Kier molecular flexibility index (Phi) is 5.52. The van der Waals surface area contributed by atoms with Gasteiger partial charge in [0.15, 0.2) is 15.6 Å². The van der Waals surface area contributed by atoms with Gasteiger partial charge in [0.05, 0.1) is 16.3 Å². The third-order valence-electron chi connectivity index (χ3n) is 4.33. The van der Waals surface area contributed by atoms with Crippen LogP contribution in [0.25, 0.3) is 0 Å². The number of rotatable bonds is 5. The number of carbonyl (C=O) groups excluding carboxylic acids is 1. The van der Waals surface area contributed by atoms with Crippen LogP contribution in [0.3, 0.4) is 0 Å². The molecular weight excluding hydrogens is 461 g/mol. The first-order valence-corrected chi connectivity index (χ1v) is 10.9. The van der Waals surface area contributed by atoms with Gasteiger partial charge in [-0.25, -0.2) is 12.8 Å². The van der Waals surface area contributed by atoms with Gasteiger partial charge in [0.2, 0.25) is 0 Å². The van der Waals surface area contributed by atoms with Gasteiger partial charge in [0, 0.05) is 11.5 Å². The second kappa shape index (κ2) is 7.41. The summed E-state index contributed by atoms with van der Waals surface area (Å²) in [4.78, 5) is 11.7. The van der Waals surface area contributed by atoms with Crippen molar-refractivity contribution in [1.82, 2.24) is 5.32 Å². The van der Waals surface area contributed by atoms with Crippen molar-refractivity contribution in [2.75, 3.05) is 7.05 Å². The number of aromatic hydroxyl groups is 1. The molecule has 1 amide bonds. The summed E-state index contributed by atoms with van der Waals surface area (Å²) in [5, 5.41) is 12.3. The summed E-state index contributed by atoms with van der Waals surface area (Å²) >= 11 is 9.01. The van der Waals surface area contributed by atoms with Gasteiger partial charge in [-0.1, -0.05) is 33.6 Å². The molecule has 0 spiro atoms. The van der Waals surface area contributed by atoms with Crippen LogP contribution in [-0.2, 0) is 15.6 Å². The van der Waals surface area contributed by atoms with Gasteiger partial charge in [-0.2, -0.15) is 0 Å². The minimum Gasteiger partial charge on any atom is -0.505 e. The van der Waals surface area contributed by atoms with Gasteiger partial charge in [-0.3, -0.25) is 4.79 Å². The van der Waals surface area contributed by atoms with Crippen molar-refractivity contribution in [2.45, 2.75) is 29.4 Å². The molecule has 1 fully saturated rings. The molecule has 1 saturated carbocycles. The van der Waals surface area contributed by atoms with E-state index >= 15 is 0 Å². The van der Waals surface area contributed by atoms with E-state index in [9.17, 15) is 22.7 Å². The summed E-state index contributed by atoms with van der Waals surface area (Å²) in [6, 6.07) is 5.34. The Morgan fingerprint density at radius 2 is 2.00 bits per heavy atom. The molecule has 2 aromatic rings. The lowest BCUT2D eigenvalue weighted by atomic mass is 10.0. The second-order valence-corrected chi connectivity index (χ2v) is 9.67. The Balaban J connectivity index is 2.07. The molecule has 0 atom stereocenters. The van der Waals surface area contributed by atoms with Crippen molar-refractivity contribution >= 4 is 43.3 Å². The van der Waals surface area contributed by atoms with E-state index in [2.05, 4.69) is 21.2 Å². The number of carbonyl (C=O) groups is 1. The highest BCUT2D eigenvalue weighted by molar-refractivity contribution is 9.10. The predicted octanol–water partition coefficient (Wildman–Crippen LogP) is 4.16. The number of sulfone groups is 1. The van der Waals surface area contributed by atoms with Crippen molar-refractivity contribution in [3.8, 4) is 5.75 Å². The van der Waals surface area contributed by atoms with Crippen LogP contribution in [0, 0.1) is 5.82 Å². The number of hydrogen-bond donors (Lipinski definition) is 2. The molecule has 0 aromatic heterocycles. The second-order valence-electron chi connectivity index (χ2n) is 6.39. The lowest BCUT2D eigenvalue weighted by Gasteiger charge is -2.13. The molecule has 0 heterocycles. The fourth-order valence-electron chi connectivity index (χ4n) is 2.86. The topological polar surface area (TPSA) is 83.5 Å². The Morgan fingerprint density at radius 1 is 1.33 bits per heavy atom. The van der Waals surface area contributed by atoms with Crippen LogP contribution in [0.1, 0.15) is 40.2 Å². The minimum absolute atomic E-state index is 0.00947. The highest BCUT2D eigenvalue weighted by atomic mass is 79.9. The fraction of sp³-hybridized carbons (Fsp3) is 0.278. The molecule has 5 nitrogen and oxygen atoms in total. The first-order chi connectivity index (χ1) is 12.6. The van der Waals surface area contributed by atoms with Crippen molar-refractivity contribution in [3.63, 3.8) is 0 Å². The van der Waals surface area contributed by atoms with Gasteiger partial charge in [-0.05, 0) is 48.1 Å². The molecule has 0 unspecified atom stereocenters. The van der Waals surface area contributed by atoms with E-state index in [0.29, 0.717) is 10.0 Å². The number of hydrogen-bond acceptors (Lipinski definition) is 4. The lowest BCUT2D eigenvalue weighted by molar-refractivity contribution is 0.0958. The summed E-state index contributed by atoms with van der Waals surface area (Å²) in [7, 11) is -2.61. The van der Waals surface area contributed by atoms with Crippen LogP contribution >= 0.6 is 27.5 Å². The third-order valence-corrected chi connectivity index (χ3v) is 6.78. The van der Waals surface area contributed by atoms with Gasteiger partial charge >= 0.3 is 0 Å². The SMILES string of the molecule is CNC(=O)c1cc(CS(=O)(=O)c2cc(Br)cc(Cl)c2O)cc(C2CC2)c1F. The summed E-state index contributed by atoms with van der Waals surface area (Å²) in [6.45, 7) is 0. The highest BCUT2D eigenvalue weighted by Gasteiger charge is 2.31. The van der Waals surface area contributed by atoms with E-state index < -0.39 is 33.1 Å². The van der Waals surface area contributed by atoms with E-state index in [4.69, 9.17) is 11.6 Å². The monoisotopic (exact) mass is 475 g/mol. The first kappa shape index (κ1) is 20.1. The maximum Gasteiger partial charge on any atom is 0.254 e. The van der Waals surface area contributed by atoms with Crippen LogP contribution in [0.2, 0.25) is 5.02 Å². The number of halogens is 3. The molecule has 144 valence electrons. The molecule has 2 N–H and O–H groups in total. The van der Waals surface area contributed by atoms with Crippen molar-refractivity contribution in [1.29, 1.82) is 0 Å². The van der Waals surface area contributed by atoms with Crippen molar-refractivity contribution in [2.24, 2.45) is 0 Å². The molecule has 0 radical (unpaired) electrons. The van der Waals surface area contributed by atoms with Crippen LogP contribution in [-0.4, -0.2) is 26.5 Å². The Hall–Kier alpha value is -1.64. The smallest absolute Gasteiger partial charge is 0.254 e. The van der Waals surface area contributed by atoms with E-state index in [0.717, 1.165) is 12.8 Å². The maximum atomic E-state index is 14.6. The van der Waals surface area contributed by atoms with Gasteiger partial charge in [-0.15, -0.1) is 0 Å². The molecular formula is C18H16BrClFNO4S. The molecule has 1 aliphatic carbocycles. The maximum absolute atomic E-state index is 14.6. The average Bonchev–Trinajstić information content (AvgIpc) is 3.43. The Morgan fingerprint density at radius 3 is 2.59 bits per heavy atom.